The van der Waals surface area contributed by atoms with Crippen molar-refractivity contribution >= 4 is 17.7 Å². The molecule has 0 spiro atoms. The van der Waals surface area contributed by atoms with E-state index in [-0.39, 0.29) is 0 Å². The standard InChI is InChI=1S/C8H13N3S/c1-11(2)8-9-4-7(5-10-8)6-12-3/h4-5H,6H2,1-3H3. The first kappa shape index (κ1) is 9.32. The van der Waals surface area contributed by atoms with Crippen molar-refractivity contribution in [2.75, 3.05) is 25.3 Å². The topological polar surface area (TPSA) is 29.0 Å². The molecule has 0 saturated carbocycles. The van der Waals surface area contributed by atoms with Crippen LogP contribution in [0.1, 0.15) is 5.56 Å². The Morgan fingerprint density at radius 1 is 1.33 bits per heavy atom. The van der Waals surface area contributed by atoms with Crippen molar-refractivity contribution in [1.29, 1.82) is 0 Å². The zero-order valence-electron chi connectivity index (χ0n) is 7.61. The van der Waals surface area contributed by atoms with Crippen LogP contribution >= 0.6 is 11.8 Å². The SMILES string of the molecule is CSCc1cnc(N(C)C)nc1. The Kier molecular flexibility index (Phi) is 3.34. The van der Waals surface area contributed by atoms with E-state index in [9.17, 15) is 0 Å². The van der Waals surface area contributed by atoms with E-state index in [1.54, 1.807) is 11.8 Å². The van der Waals surface area contributed by atoms with Crippen LogP contribution < -0.4 is 4.90 Å². The van der Waals surface area contributed by atoms with Gasteiger partial charge in [0.25, 0.3) is 0 Å². The van der Waals surface area contributed by atoms with Gasteiger partial charge in [0, 0.05) is 32.2 Å². The molecular formula is C8H13N3S. The summed E-state index contributed by atoms with van der Waals surface area (Å²) in [5.41, 5.74) is 1.17. The molecular weight excluding hydrogens is 170 g/mol. The predicted molar refractivity (Wildman–Crippen MR) is 53.6 cm³/mol. The first-order valence-electron chi connectivity index (χ1n) is 3.71. The fraction of sp³-hybridized carbons (Fsp3) is 0.500. The van der Waals surface area contributed by atoms with E-state index in [0.717, 1.165) is 11.7 Å². The van der Waals surface area contributed by atoms with Crippen molar-refractivity contribution in [3.8, 4) is 0 Å². The Hall–Kier alpha value is -0.770. The largest absolute Gasteiger partial charge is 0.347 e. The van der Waals surface area contributed by atoms with Crippen molar-refractivity contribution in [3.05, 3.63) is 18.0 Å². The second-order valence-corrected chi connectivity index (χ2v) is 3.58. The van der Waals surface area contributed by atoms with E-state index < -0.39 is 0 Å². The Morgan fingerprint density at radius 3 is 2.33 bits per heavy atom. The number of anilines is 1. The lowest BCUT2D eigenvalue weighted by atomic mass is 10.4. The quantitative estimate of drug-likeness (QED) is 0.708. The third-order valence-electron chi connectivity index (χ3n) is 1.40. The van der Waals surface area contributed by atoms with Gasteiger partial charge in [0.1, 0.15) is 0 Å². The Morgan fingerprint density at radius 2 is 1.92 bits per heavy atom. The van der Waals surface area contributed by atoms with Gasteiger partial charge in [-0.1, -0.05) is 0 Å². The highest BCUT2D eigenvalue weighted by Crippen LogP contribution is 2.08. The van der Waals surface area contributed by atoms with Crippen molar-refractivity contribution in [3.63, 3.8) is 0 Å². The number of rotatable bonds is 3. The zero-order valence-corrected chi connectivity index (χ0v) is 8.43. The Labute approximate surface area is 77.2 Å². The molecule has 0 bridgehead atoms. The van der Waals surface area contributed by atoms with Crippen LogP contribution in [0, 0.1) is 0 Å². The van der Waals surface area contributed by atoms with Gasteiger partial charge < -0.3 is 4.90 Å². The second kappa shape index (κ2) is 4.30. The number of nitrogens with zero attached hydrogens (tertiary/aromatic N) is 3. The maximum Gasteiger partial charge on any atom is 0.224 e. The van der Waals surface area contributed by atoms with Crippen LogP contribution in [-0.4, -0.2) is 30.3 Å². The number of hydrogen-bond acceptors (Lipinski definition) is 4. The molecule has 4 heteroatoms. The molecule has 1 heterocycles. The van der Waals surface area contributed by atoms with Gasteiger partial charge in [-0.2, -0.15) is 11.8 Å². The van der Waals surface area contributed by atoms with Crippen LogP contribution in [0.2, 0.25) is 0 Å². The number of hydrogen-bond donors (Lipinski definition) is 0. The molecule has 66 valence electrons. The summed E-state index contributed by atoms with van der Waals surface area (Å²) in [6, 6.07) is 0. The minimum absolute atomic E-state index is 0.764. The highest BCUT2D eigenvalue weighted by Gasteiger charge is 1.97. The van der Waals surface area contributed by atoms with Gasteiger partial charge in [0.15, 0.2) is 0 Å². The van der Waals surface area contributed by atoms with Crippen LogP contribution in [-0.2, 0) is 5.75 Å². The van der Waals surface area contributed by atoms with Gasteiger partial charge in [0.05, 0.1) is 0 Å². The molecule has 0 atom stereocenters. The first-order valence-corrected chi connectivity index (χ1v) is 5.10. The Balaban J connectivity index is 2.71. The first-order chi connectivity index (χ1) is 5.74. The molecule has 0 saturated heterocycles. The highest BCUT2D eigenvalue weighted by molar-refractivity contribution is 7.97. The summed E-state index contributed by atoms with van der Waals surface area (Å²) in [5, 5.41) is 0. The molecule has 0 N–H and O–H groups in total. The molecule has 0 radical (unpaired) electrons. The smallest absolute Gasteiger partial charge is 0.224 e. The van der Waals surface area contributed by atoms with E-state index in [1.807, 2.05) is 31.4 Å². The minimum atomic E-state index is 0.764. The van der Waals surface area contributed by atoms with Gasteiger partial charge in [-0.15, -0.1) is 0 Å². The van der Waals surface area contributed by atoms with Crippen LogP contribution in [0.15, 0.2) is 12.4 Å². The summed E-state index contributed by atoms with van der Waals surface area (Å²) in [6.45, 7) is 0. The number of aromatic nitrogens is 2. The summed E-state index contributed by atoms with van der Waals surface area (Å²) in [6.07, 6.45) is 5.82. The van der Waals surface area contributed by atoms with Crippen LogP contribution in [0.4, 0.5) is 5.95 Å². The molecule has 1 rings (SSSR count). The summed E-state index contributed by atoms with van der Waals surface area (Å²) >= 11 is 1.78. The fourth-order valence-corrected chi connectivity index (χ4v) is 1.30. The minimum Gasteiger partial charge on any atom is -0.347 e. The van der Waals surface area contributed by atoms with Crippen LogP contribution in [0.25, 0.3) is 0 Å². The lowest BCUT2D eigenvalue weighted by Crippen LogP contribution is -2.12. The predicted octanol–water partition coefficient (Wildman–Crippen LogP) is 1.41. The molecule has 0 aliphatic carbocycles. The van der Waals surface area contributed by atoms with Gasteiger partial charge in [-0.3, -0.25) is 0 Å². The van der Waals surface area contributed by atoms with Gasteiger partial charge in [-0.05, 0) is 11.8 Å². The summed E-state index contributed by atoms with van der Waals surface area (Å²) in [5.74, 6) is 1.74. The molecule has 3 nitrogen and oxygen atoms in total. The summed E-state index contributed by atoms with van der Waals surface area (Å²) in [7, 11) is 3.87. The van der Waals surface area contributed by atoms with E-state index in [0.29, 0.717) is 0 Å². The third kappa shape index (κ3) is 2.37. The van der Waals surface area contributed by atoms with Crippen molar-refractivity contribution in [1.82, 2.24) is 9.97 Å². The molecule has 0 amide bonds. The zero-order chi connectivity index (χ0) is 8.97. The van der Waals surface area contributed by atoms with Crippen LogP contribution in [0.3, 0.4) is 0 Å². The van der Waals surface area contributed by atoms with Crippen molar-refractivity contribution in [2.45, 2.75) is 5.75 Å². The molecule has 1 aromatic rings. The van der Waals surface area contributed by atoms with E-state index >= 15 is 0 Å². The summed E-state index contributed by atoms with van der Waals surface area (Å²) < 4.78 is 0. The highest BCUT2D eigenvalue weighted by atomic mass is 32.2. The average molecular weight is 183 g/mol. The summed E-state index contributed by atoms with van der Waals surface area (Å²) in [4.78, 5) is 10.3. The molecule has 0 fully saturated rings. The van der Waals surface area contributed by atoms with Gasteiger partial charge in [0.2, 0.25) is 5.95 Å². The van der Waals surface area contributed by atoms with Crippen molar-refractivity contribution < 1.29 is 0 Å². The molecule has 0 aliphatic heterocycles. The van der Waals surface area contributed by atoms with E-state index in [4.69, 9.17) is 0 Å². The lowest BCUT2D eigenvalue weighted by molar-refractivity contribution is 0.986. The van der Waals surface area contributed by atoms with E-state index in [2.05, 4.69) is 16.2 Å². The Bertz CT molecular complexity index is 233. The fourth-order valence-electron chi connectivity index (χ4n) is 0.820. The average Bonchev–Trinajstić information content (AvgIpc) is 2.06. The molecule has 0 aliphatic rings. The van der Waals surface area contributed by atoms with Crippen molar-refractivity contribution in [2.24, 2.45) is 0 Å². The normalized spacial score (nSPS) is 9.92. The maximum absolute atomic E-state index is 4.20. The van der Waals surface area contributed by atoms with Gasteiger partial charge in [-0.25, -0.2) is 9.97 Å². The lowest BCUT2D eigenvalue weighted by Gasteiger charge is -2.08. The molecule has 12 heavy (non-hydrogen) atoms. The third-order valence-corrected chi connectivity index (χ3v) is 2.02. The number of thioether (sulfide) groups is 1. The maximum atomic E-state index is 4.20. The molecule has 0 unspecified atom stereocenters. The second-order valence-electron chi connectivity index (χ2n) is 2.72. The monoisotopic (exact) mass is 183 g/mol. The van der Waals surface area contributed by atoms with Crippen LogP contribution in [0.5, 0.6) is 0 Å². The molecule has 0 aromatic carbocycles. The molecule has 1 aromatic heterocycles. The van der Waals surface area contributed by atoms with Gasteiger partial charge >= 0.3 is 0 Å². The van der Waals surface area contributed by atoms with E-state index in [1.165, 1.54) is 5.56 Å².